The van der Waals surface area contributed by atoms with Crippen LogP contribution in [0.3, 0.4) is 0 Å². The van der Waals surface area contributed by atoms with Gasteiger partial charge >= 0.3 is 0 Å². The van der Waals surface area contributed by atoms with Crippen molar-refractivity contribution >= 4 is 17.0 Å². The number of nitrogens with zero attached hydrogens (tertiary/aromatic N) is 2. The number of hydrogen-bond acceptors (Lipinski definition) is 4. The van der Waals surface area contributed by atoms with Crippen LogP contribution < -0.4 is 15.2 Å². The monoisotopic (exact) mass is 283 g/mol. The average Bonchev–Trinajstić information content (AvgIpc) is 2.84. The normalized spacial score (nSPS) is 10.8. The van der Waals surface area contributed by atoms with Crippen LogP contribution in [0.5, 0.6) is 11.5 Å². The van der Waals surface area contributed by atoms with E-state index in [-0.39, 0.29) is 0 Å². The van der Waals surface area contributed by atoms with Crippen LogP contribution >= 0.6 is 0 Å². The number of imidazole rings is 1. The quantitative estimate of drug-likeness (QED) is 0.802. The summed E-state index contributed by atoms with van der Waals surface area (Å²) in [5.74, 6) is 1.79. The predicted molar refractivity (Wildman–Crippen MR) is 83.3 cm³/mol. The molecule has 0 radical (unpaired) electrons. The molecule has 21 heavy (non-hydrogen) atoms. The second-order valence-electron chi connectivity index (χ2n) is 4.79. The first-order chi connectivity index (χ1) is 10.2. The molecule has 1 heterocycles. The molecule has 0 saturated carbocycles. The van der Waals surface area contributed by atoms with E-state index in [9.17, 15) is 0 Å². The van der Waals surface area contributed by atoms with Crippen molar-refractivity contribution in [1.29, 1.82) is 0 Å². The number of rotatable bonds is 3. The van der Waals surface area contributed by atoms with E-state index in [1.807, 2.05) is 47.9 Å². The molecule has 5 nitrogen and oxygen atoms in total. The first kappa shape index (κ1) is 13.3. The Bertz CT molecular complexity index is 809. The Balaban J connectivity index is 2.28. The lowest BCUT2D eigenvalue weighted by Crippen LogP contribution is -2.02. The van der Waals surface area contributed by atoms with Gasteiger partial charge in [0.15, 0.2) is 11.5 Å². The van der Waals surface area contributed by atoms with Gasteiger partial charge in [0.2, 0.25) is 5.95 Å². The summed E-state index contributed by atoms with van der Waals surface area (Å²) < 4.78 is 12.5. The Hall–Kier alpha value is -2.69. The fraction of sp³-hybridized carbons (Fsp3) is 0.188. The van der Waals surface area contributed by atoms with Gasteiger partial charge in [0.1, 0.15) is 0 Å². The standard InChI is InChI=1S/C16H17N3O2/c1-10-5-4-6-12-15(10)19(16(17)18-12)11-7-8-13(20-2)14(9-11)21-3/h4-9H,1-3H3,(H2,17,18). The molecule has 0 aliphatic heterocycles. The third kappa shape index (κ3) is 2.07. The molecule has 0 spiro atoms. The third-order valence-corrected chi connectivity index (χ3v) is 3.53. The molecule has 0 aliphatic carbocycles. The van der Waals surface area contributed by atoms with Crippen molar-refractivity contribution in [3.63, 3.8) is 0 Å². The van der Waals surface area contributed by atoms with Crippen molar-refractivity contribution in [2.24, 2.45) is 0 Å². The number of benzene rings is 2. The van der Waals surface area contributed by atoms with Crippen LogP contribution in [-0.2, 0) is 0 Å². The number of anilines is 1. The Morgan fingerprint density at radius 3 is 2.52 bits per heavy atom. The van der Waals surface area contributed by atoms with E-state index in [0.717, 1.165) is 22.3 Å². The van der Waals surface area contributed by atoms with E-state index in [0.29, 0.717) is 17.4 Å². The van der Waals surface area contributed by atoms with E-state index < -0.39 is 0 Å². The molecule has 2 aromatic carbocycles. The summed E-state index contributed by atoms with van der Waals surface area (Å²) in [6.45, 7) is 2.04. The lowest BCUT2D eigenvalue weighted by atomic mass is 10.2. The van der Waals surface area contributed by atoms with Crippen LogP contribution in [0.1, 0.15) is 5.56 Å². The molecule has 3 aromatic rings. The zero-order valence-corrected chi connectivity index (χ0v) is 12.3. The van der Waals surface area contributed by atoms with Gasteiger partial charge in [-0.1, -0.05) is 12.1 Å². The second-order valence-corrected chi connectivity index (χ2v) is 4.79. The first-order valence-electron chi connectivity index (χ1n) is 6.61. The molecule has 0 saturated heterocycles. The van der Waals surface area contributed by atoms with Crippen molar-refractivity contribution < 1.29 is 9.47 Å². The molecule has 0 unspecified atom stereocenters. The molecule has 0 atom stereocenters. The van der Waals surface area contributed by atoms with Gasteiger partial charge in [-0.2, -0.15) is 0 Å². The van der Waals surface area contributed by atoms with Crippen LogP contribution in [0.15, 0.2) is 36.4 Å². The van der Waals surface area contributed by atoms with Crippen LogP contribution in [-0.4, -0.2) is 23.8 Å². The summed E-state index contributed by atoms with van der Waals surface area (Å²) in [6, 6.07) is 11.7. The highest BCUT2D eigenvalue weighted by Crippen LogP contribution is 2.32. The smallest absolute Gasteiger partial charge is 0.205 e. The van der Waals surface area contributed by atoms with Crippen LogP contribution in [0.25, 0.3) is 16.7 Å². The van der Waals surface area contributed by atoms with E-state index in [2.05, 4.69) is 4.98 Å². The van der Waals surface area contributed by atoms with Gasteiger partial charge in [0.05, 0.1) is 30.9 Å². The Morgan fingerprint density at radius 2 is 1.81 bits per heavy atom. The van der Waals surface area contributed by atoms with Gasteiger partial charge in [-0.25, -0.2) is 4.98 Å². The molecule has 0 bridgehead atoms. The number of ether oxygens (including phenoxy) is 2. The number of fused-ring (bicyclic) bond motifs is 1. The third-order valence-electron chi connectivity index (χ3n) is 3.53. The fourth-order valence-electron chi connectivity index (χ4n) is 2.54. The Morgan fingerprint density at radius 1 is 1.05 bits per heavy atom. The molecule has 2 N–H and O–H groups in total. The van der Waals surface area contributed by atoms with Gasteiger partial charge in [-0.3, -0.25) is 4.57 Å². The zero-order chi connectivity index (χ0) is 15.0. The van der Waals surface area contributed by atoms with Crippen molar-refractivity contribution in [3.8, 4) is 17.2 Å². The van der Waals surface area contributed by atoms with Crippen LogP contribution in [0, 0.1) is 6.92 Å². The maximum Gasteiger partial charge on any atom is 0.205 e. The van der Waals surface area contributed by atoms with Crippen molar-refractivity contribution in [2.75, 3.05) is 20.0 Å². The molecular weight excluding hydrogens is 266 g/mol. The summed E-state index contributed by atoms with van der Waals surface area (Å²) in [7, 11) is 3.23. The maximum absolute atomic E-state index is 6.10. The predicted octanol–water partition coefficient (Wildman–Crippen LogP) is 2.93. The zero-order valence-electron chi connectivity index (χ0n) is 12.3. The number of aromatic nitrogens is 2. The summed E-state index contributed by atoms with van der Waals surface area (Å²) >= 11 is 0. The summed E-state index contributed by atoms with van der Waals surface area (Å²) in [5, 5.41) is 0. The van der Waals surface area contributed by atoms with Crippen LogP contribution in [0.2, 0.25) is 0 Å². The van der Waals surface area contributed by atoms with E-state index in [1.54, 1.807) is 14.2 Å². The van der Waals surface area contributed by atoms with Gasteiger partial charge in [0.25, 0.3) is 0 Å². The largest absolute Gasteiger partial charge is 0.493 e. The summed E-state index contributed by atoms with van der Waals surface area (Å²) in [6.07, 6.45) is 0. The van der Waals surface area contributed by atoms with E-state index in [1.165, 1.54) is 0 Å². The van der Waals surface area contributed by atoms with E-state index in [4.69, 9.17) is 15.2 Å². The number of hydrogen-bond donors (Lipinski definition) is 1. The minimum Gasteiger partial charge on any atom is -0.493 e. The summed E-state index contributed by atoms with van der Waals surface area (Å²) in [5.41, 5.74) is 9.98. The first-order valence-corrected chi connectivity index (χ1v) is 6.61. The summed E-state index contributed by atoms with van der Waals surface area (Å²) in [4.78, 5) is 4.42. The minimum atomic E-state index is 0.450. The molecule has 1 aromatic heterocycles. The van der Waals surface area contributed by atoms with E-state index >= 15 is 0 Å². The maximum atomic E-state index is 6.10. The lowest BCUT2D eigenvalue weighted by Gasteiger charge is -2.12. The number of methoxy groups -OCH3 is 2. The second kappa shape index (κ2) is 5.01. The molecule has 0 aliphatic rings. The molecule has 3 rings (SSSR count). The van der Waals surface area contributed by atoms with Gasteiger partial charge < -0.3 is 15.2 Å². The highest BCUT2D eigenvalue weighted by Gasteiger charge is 2.14. The van der Waals surface area contributed by atoms with Gasteiger partial charge in [0, 0.05) is 6.07 Å². The molecule has 0 amide bonds. The van der Waals surface area contributed by atoms with Crippen molar-refractivity contribution in [3.05, 3.63) is 42.0 Å². The number of para-hydroxylation sites is 1. The highest BCUT2D eigenvalue weighted by molar-refractivity contribution is 5.84. The van der Waals surface area contributed by atoms with Gasteiger partial charge in [-0.05, 0) is 30.7 Å². The van der Waals surface area contributed by atoms with Crippen LogP contribution in [0.4, 0.5) is 5.95 Å². The average molecular weight is 283 g/mol. The fourth-order valence-corrected chi connectivity index (χ4v) is 2.54. The molecular formula is C16H17N3O2. The molecule has 0 fully saturated rings. The highest BCUT2D eigenvalue weighted by atomic mass is 16.5. The molecule has 5 heteroatoms. The van der Waals surface area contributed by atoms with Crippen molar-refractivity contribution in [1.82, 2.24) is 9.55 Å². The number of nitrogens with two attached hydrogens (primary N) is 1. The minimum absolute atomic E-state index is 0.450. The lowest BCUT2D eigenvalue weighted by molar-refractivity contribution is 0.355. The molecule has 108 valence electrons. The SMILES string of the molecule is COc1ccc(-n2c(N)nc3cccc(C)c32)cc1OC. The van der Waals surface area contributed by atoms with Crippen molar-refractivity contribution in [2.45, 2.75) is 6.92 Å². The Labute approximate surface area is 122 Å². The topological polar surface area (TPSA) is 62.3 Å². The number of aryl methyl sites for hydroxylation is 1. The van der Waals surface area contributed by atoms with Gasteiger partial charge in [-0.15, -0.1) is 0 Å². The number of nitrogen functional groups attached to an aromatic ring is 1. The Kier molecular flexibility index (Phi) is 3.17.